The van der Waals surface area contributed by atoms with Gasteiger partial charge in [0.1, 0.15) is 0 Å². The van der Waals surface area contributed by atoms with E-state index in [1.54, 1.807) is 12.1 Å². The van der Waals surface area contributed by atoms with Crippen LogP contribution in [0, 0.1) is 12.3 Å². The molecule has 0 aliphatic heterocycles. The van der Waals surface area contributed by atoms with Crippen LogP contribution in [0.5, 0.6) is 0 Å². The standard InChI is InChI=1S/C19H28N2O2/c1-13(2)20-18(23)16-8-7-15(11-14(16)3)21-17(22)12-19(4)9-5-6-10-19/h7-8,11,13H,5-6,9-10,12H2,1-4H3,(H,20,23)(H,21,22). The summed E-state index contributed by atoms with van der Waals surface area (Å²) in [6, 6.07) is 5.55. The Kier molecular flexibility index (Phi) is 5.45. The van der Waals surface area contributed by atoms with Gasteiger partial charge < -0.3 is 10.6 Å². The van der Waals surface area contributed by atoms with Gasteiger partial charge >= 0.3 is 0 Å². The number of hydrogen-bond donors (Lipinski definition) is 2. The second-order valence-corrected chi connectivity index (χ2v) is 7.40. The maximum atomic E-state index is 12.3. The van der Waals surface area contributed by atoms with Gasteiger partial charge in [0.15, 0.2) is 0 Å². The van der Waals surface area contributed by atoms with Crippen LogP contribution >= 0.6 is 0 Å². The normalized spacial score (nSPS) is 16.4. The summed E-state index contributed by atoms with van der Waals surface area (Å²) in [5.74, 6) is -0.0120. The highest BCUT2D eigenvalue weighted by Crippen LogP contribution is 2.40. The Balaban J connectivity index is 2.00. The maximum absolute atomic E-state index is 12.3. The Morgan fingerprint density at radius 2 is 1.87 bits per heavy atom. The highest BCUT2D eigenvalue weighted by molar-refractivity contribution is 5.97. The van der Waals surface area contributed by atoms with Gasteiger partial charge in [-0.3, -0.25) is 9.59 Å². The number of amides is 2. The Bertz CT molecular complexity index is 587. The third kappa shape index (κ3) is 4.81. The second kappa shape index (κ2) is 7.16. The van der Waals surface area contributed by atoms with Gasteiger partial charge in [-0.15, -0.1) is 0 Å². The van der Waals surface area contributed by atoms with Crippen LogP contribution in [0.4, 0.5) is 5.69 Å². The molecule has 126 valence electrons. The smallest absolute Gasteiger partial charge is 0.251 e. The van der Waals surface area contributed by atoms with Gasteiger partial charge in [-0.1, -0.05) is 19.8 Å². The number of anilines is 1. The molecular formula is C19H28N2O2. The summed E-state index contributed by atoms with van der Waals surface area (Å²) in [6.07, 6.45) is 5.29. The lowest BCUT2D eigenvalue weighted by molar-refractivity contribution is -0.118. The Labute approximate surface area is 139 Å². The first-order chi connectivity index (χ1) is 10.8. The van der Waals surface area contributed by atoms with Crippen molar-refractivity contribution in [1.82, 2.24) is 5.32 Å². The third-order valence-electron chi connectivity index (χ3n) is 4.57. The van der Waals surface area contributed by atoms with E-state index in [1.165, 1.54) is 12.8 Å². The molecule has 0 bridgehead atoms. The van der Waals surface area contributed by atoms with Gasteiger partial charge in [0.05, 0.1) is 0 Å². The van der Waals surface area contributed by atoms with Gasteiger partial charge in [0, 0.05) is 23.7 Å². The molecule has 1 saturated carbocycles. The third-order valence-corrected chi connectivity index (χ3v) is 4.57. The predicted molar refractivity (Wildman–Crippen MR) is 93.6 cm³/mol. The summed E-state index contributed by atoms with van der Waals surface area (Å²) in [4.78, 5) is 24.3. The molecule has 0 spiro atoms. The topological polar surface area (TPSA) is 58.2 Å². The van der Waals surface area contributed by atoms with Crippen LogP contribution in [-0.2, 0) is 4.79 Å². The largest absolute Gasteiger partial charge is 0.350 e. The minimum absolute atomic E-state index is 0.0631. The van der Waals surface area contributed by atoms with E-state index in [2.05, 4.69) is 17.6 Å². The molecule has 2 amide bonds. The number of aryl methyl sites for hydroxylation is 1. The SMILES string of the molecule is Cc1cc(NC(=O)CC2(C)CCCC2)ccc1C(=O)NC(C)C. The van der Waals surface area contributed by atoms with Crippen LogP contribution in [-0.4, -0.2) is 17.9 Å². The van der Waals surface area contributed by atoms with Gasteiger partial charge in [-0.05, 0) is 62.8 Å². The fourth-order valence-corrected chi connectivity index (χ4v) is 3.33. The zero-order valence-electron chi connectivity index (χ0n) is 14.7. The molecule has 0 atom stereocenters. The zero-order chi connectivity index (χ0) is 17.0. The van der Waals surface area contributed by atoms with E-state index in [0.717, 1.165) is 24.1 Å². The molecule has 0 radical (unpaired) electrons. The molecule has 1 aromatic rings. The summed E-state index contributed by atoms with van der Waals surface area (Å²) in [5, 5.41) is 5.86. The lowest BCUT2D eigenvalue weighted by Gasteiger charge is -2.22. The average Bonchev–Trinajstić information content (AvgIpc) is 2.83. The fourth-order valence-electron chi connectivity index (χ4n) is 3.33. The Hall–Kier alpha value is -1.84. The molecule has 0 saturated heterocycles. The van der Waals surface area contributed by atoms with E-state index < -0.39 is 0 Å². The summed E-state index contributed by atoms with van der Waals surface area (Å²) < 4.78 is 0. The molecule has 1 aromatic carbocycles. The van der Waals surface area contributed by atoms with Crippen molar-refractivity contribution in [3.8, 4) is 0 Å². The number of carbonyl (C=O) groups is 2. The molecule has 2 rings (SSSR count). The summed E-state index contributed by atoms with van der Waals surface area (Å²) in [6.45, 7) is 7.96. The monoisotopic (exact) mass is 316 g/mol. The predicted octanol–water partition coefficient (Wildman–Crippen LogP) is 4.04. The molecule has 0 heterocycles. The van der Waals surface area contributed by atoms with E-state index in [1.807, 2.05) is 26.8 Å². The number of rotatable bonds is 5. The molecule has 1 aliphatic carbocycles. The van der Waals surface area contributed by atoms with Crippen molar-refractivity contribution in [1.29, 1.82) is 0 Å². The zero-order valence-corrected chi connectivity index (χ0v) is 14.7. The Morgan fingerprint density at radius 3 is 2.43 bits per heavy atom. The van der Waals surface area contributed by atoms with Crippen molar-refractivity contribution in [2.45, 2.75) is 65.8 Å². The molecule has 1 fully saturated rings. The second-order valence-electron chi connectivity index (χ2n) is 7.40. The van der Waals surface area contributed by atoms with Crippen LogP contribution in [0.25, 0.3) is 0 Å². The lowest BCUT2D eigenvalue weighted by atomic mass is 9.85. The molecule has 1 aliphatic rings. The van der Waals surface area contributed by atoms with Crippen molar-refractivity contribution in [2.24, 2.45) is 5.41 Å². The number of nitrogens with one attached hydrogen (secondary N) is 2. The summed E-state index contributed by atoms with van der Waals surface area (Å²) in [7, 11) is 0. The van der Waals surface area contributed by atoms with Crippen molar-refractivity contribution >= 4 is 17.5 Å². The van der Waals surface area contributed by atoms with E-state index in [9.17, 15) is 9.59 Å². The molecule has 4 heteroatoms. The van der Waals surface area contributed by atoms with Crippen molar-refractivity contribution in [3.63, 3.8) is 0 Å². The molecular weight excluding hydrogens is 288 g/mol. The van der Waals surface area contributed by atoms with Gasteiger partial charge in [-0.25, -0.2) is 0 Å². The highest BCUT2D eigenvalue weighted by atomic mass is 16.2. The van der Waals surface area contributed by atoms with Crippen LogP contribution in [0.1, 0.15) is 68.8 Å². The van der Waals surface area contributed by atoms with E-state index in [-0.39, 0.29) is 23.3 Å². The van der Waals surface area contributed by atoms with E-state index in [0.29, 0.717) is 12.0 Å². The van der Waals surface area contributed by atoms with Gasteiger partial charge in [-0.2, -0.15) is 0 Å². The first-order valence-corrected chi connectivity index (χ1v) is 8.50. The molecule has 0 aromatic heterocycles. The quantitative estimate of drug-likeness (QED) is 0.861. The molecule has 2 N–H and O–H groups in total. The number of hydrogen-bond acceptors (Lipinski definition) is 2. The van der Waals surface area contributed by atoms with Crippen molar-refractivity contribution in [3.05, 3.63) is 29.3 Å². The van der Waals surface area contributed by atoms with Gasteiger partial charge in [0.2, 0.25) is 5.91 Å². The van der Waals surface area contributed by atoms with Crippen LogP contribution in [0.3, 0.4) is 0 Å². The lowest BCUT2D eigenvalue weighted by Crippen LogP contribution is -2.30. The Morgan fingerprint density at radius 1 is 1.22 bits per heavy atom. The number of carbonyl (C=O) groups excluding carboxylic acids is 2. The maximum Gasteiger partial charge on any atom is 0.251 e. The fraction of sp³-hybridized carbons (Fsp3) is 0.579. The van der Waals surface area contributed by atoms with E-state index >= 15 is 0 Å². The van der Waals surface area contributed by atoms with Crippen molar-refractivity contribution in [2.75, 3.05) is 5.32 Å². The van der Waals surface area contributed by atoms with Crippen LogP contribution in [0.2, 0.25) is 0 Å². The molecule has 0 unspecified atom stereocenters. The first kappa shape index (κ1) is 17.5. The van der Waals surface area contributed by atoms with Crippen LogP contribution < -0.4 is 10.6 Å². The number of benzene rings is 1. The summed E-state index contributed by atoms with van der Waals surface area (Å²) in [5.41, 5.74) is 2.43. The average molecular weight is 316 g/mol. The minimum Gasteiger partial charge on any atom is -0.350 e. The molecule has 23 heavy (non-hydrogen) atoms. The first-order valence-electron chi connectivity index (χ1n) is 8.50. The highest BCUT2D eigenvalue weighted by Gasteiger charge is 2.31. The molecule has 4 nitrogen and oxygen atoms in total. The minimum atomic E-state index is -0.0751. The van der Waals surface area contributed by atoms with Crippen molar-refractivity contribution < 1.29 is 9.59 Å². The van der Waals surface area contributed by atoms with Crippen LogP contribution in [0.15, 0.2) is 18.2 Å². The summed E-state index contributed by atoms with van der Waals surface area (Å²) >= 11 is 0. The van der Waals surface area contributed by atoms with Gasteiger partial charge in [0.25, 0.3) is 5.91 Å². The van der Waals surface area contributed by atoms with E-state index in [4.69, 9.17) is 0 Å².